The molecule has 1 aliphatic heterocycles. The van der Waals surface area contributed by atoms with E-state index < -0.39 is 16.1 Å². The molecule has 0 saturated heterocycles. The molecule has 1 unspecified atom stereocenters. The van der Waals surface area contributed by atoms with Gasteiger partial charge in [-0.15, -0.1) is 0 Å². The summed E-state index contributed by atoms with van der Waals surface area (Å²) in [6, 6.07) is 14.4. The van der Waals surface area contributed by atoms with Gasteiger partial charge in [0.15, 0.2) is 6.10 Å². The molecule has 0 spiro atoms. The smallest absolute Gasteiger partial charge is 0.267 e. The zero-order chi connectivity index (χ0) is 18.9. The maximum Gasteiger partial charge on any atom is 0.267 e. The third-order valence-corrected chi connectivity index (χ3v) is 5.41. The molecule has 3 rings (SSSR count). The lowest BCUT2D eigenvalue weighted by Crippen LogP contribution is -2.48. The van der Waals surface area contributed by atoms with Crippen molar-refractivity contribution >= 4 is 27.3 Å². The van der Waals surface area contributed by atoms with Crippen LogP contribution in [0.4, 0.5) is 11.4 Å². The van der Waals surface area contributed by atoms with Crippen LogP contribution < -0.4 is 14.4 Å². The van der Waals surface area contributed by atoms with Crippen molar-refractivity contribution in [3.8, 4) is 5.75 Å². The van der Waals surface area contributed by atoms with E-state index in [0.29, 0.717) is 17.1 Å². The Kier molecular flexibility index (Phi) is 4.91. The van der Waals surface area contributed by atoms with Crippen molar-refractivity contribution in [3.05, 3.63) is 54.1 Å². The summed E-state index contributed by atoms with van der Waals surface area (Å²) in [5, 5.41) is 2.88. The van der Waals surface area contributed by atoms with E-state index in [0.717, 1.165) is 11.8 Å². The second kappa shape index (κ2) is 6.99. The van der Waals surface area contributed by atoms with Gasteiger partial charge in [-0.05, 0) is 29.7 Å². The third-order valence-electron chi connectivity index (χ3n) is 4.27. The summed E-state index contributed by atoms with van der Waals surface area (Å²) in [5.74, 6) is 0.245. The number of para-hydroxylation sites is 3. The first-order valence-electron chi connectivity index (χ1n) is 8.40. The van der Waals surface area contributed by atoms with Crippen LogP contribution in [0.3, 0.4) is 0 Å². The van der Waals surface area contributed by atoms with Crippen molar-refractivity contribution < 1.29 is 17.9 Å². The van der Waals surface area contributed by atoms with Crippen LogP contribution in [0.2, 0.25) is 0 Å². The molecule has 0 radical (unpaired) electrons. The topological polar surface area (TPSA) is 75.7 Å². The number of benzene rings is 2. The molecular formula is C19H22N2O4S. The molecule has 6 nitrogen and oxygen atoms in total. The number of hydrogen-bond acceptors (Lipinski definition) is 4. The lowest BCUT2D eigenvalue weighted by atomic mass is 10.0. The monoisotopic (exact) mass is 374 g/mol. The highest BCUT2D eigenvalue weighted by atomic mass is 32.2. The Morgan fingerprint density at radius 3 is 2.50 bits per heavy atom. The van der Waals surface area contributed by atoms with Gasteiger partial charge in [0.05, 0.1) is 18.5 Å². The van der Waals surface area contributed by atoms with Crippen molar-refractivity contribution in [3.63, 3.8) is 0 Å². The van der Waals surface area contributed by atoms with Crippen LogP contribution in [-0.2, 0) is 14.8 Å². The van der Waals surface area contributed by atoms with E-state index >= 15 is 0 Å². The number of nitrogens with zero attached hydrogens (tertiary/aromatic N) is 1. The van der Waals surface area contributed by atoms with Crippen LogP contribution in [0.5, 0.6) is 5.75 Å². The second-order valence-corrected chi connectivity index (χ2v) is 8.51. The van der Waals surface area contributed by atoms with E-state index in [1.807, 2.05) is 38.1 Å². The fraction of sp³-hybridized carbons (Fsp3) is 0.316. The molecule has 1 N–H and O–H groups in total. The van der Waals surface area contributed by atoms with Crippen molar-refractivity contribution in [1.82, 2.24) is 0 Å². The Labute approximate surface area is 153 Å². The lowest BCUT2D eigenvalue weighted by Gasteiger charge is -2.34. The fourth-order valence-corrected chi connectivity index (χ4v) is 3.89. The minimum atomic E-state index is -3.53. The van der Waals surface area contributed by atoms with E-state index in [9.17, 15) is 13.2 Å². The Hall–Kier alpha value is -2.54. The number of ether oxygens (including phenoxy) is 1. The molecule has 0 aromatic heterocycles. The van der Waals surface area contributed by atoms with Crippen molar-refractivity contribution in [1.29, 1.82) is 0 Å². The lowest BCUT2D eigenvalue weighted by molar-refractivity contribution is -0.122. The van der Waals surface area contributed by atoms with Gasteiger partial charge in [0, 0.05) is 5.69 Å². The Balaban J connectivity index is 1.88. The second-order valence-electron chi connectivity index (χ2n) is 6.60. The van der Waals surface area contributed by atoms with Crippen molar-refractivity contribution in [2.24, 2.45) is 0 Å². The number of amides is 1. The number of sulfonamides is 1. The number of fused-ring (bicyclic) bond motifs is 1. The average Bonchev–Trinajstić information content (AvgIpc) is 2.60. The molecule has 26 heavy (non-hydrogen) atoms. The molecule has 1 aliphatic rings. The zero-order valence-electron chi connectivity index (χ0n) is 15.0. The SMILES string of the molecule is CC(C)c1ccccc1NC(=O)C1CN(S(C)(=O)=O)c2ccccc2O1. The number of nitrogens with one attached hydrogen (secondary N) is 1. The highest BCUT2D eigenvalue weighted by Crippen LogP contribution is 2.35. The first kappa shape index (κ1) is 18.3. The first-order chi connectivity index (χ1) is 12.3. The van der Waals surface area contributed by atoms with Gasteiger partial charge in [0.2, 0.25) is 10.0 Å². The first-order valence-corrected chi connectivity index (χ1v) is 10.3. The van der Waals surface area contributed by atoms with Crippen LogP contribution in [-0.4, -0.2) is 33.2 Å². The quantitative estimate of drug-likeness (QED) is 0.893. The van der Waals surface area contributed by atoms with E-state index in [1.165, 1.54) is 4.31 Å². The average molecular weight is 374 g/mol. The molecule has 0 fully saturated rings. The van der Waals surface area contributed by atoms with Crippen LogP contribution in [0, 0.1) is 0 Å². The standard InChI is InChI=1S/C19H22N2O4S/c1-13(2)14-8-4-5-9-15(14)20-19(22)18-12-21(26(3,23)24)16-10-6-7-11-17(16)25-18/h4-11,13,18H,12H2,1-3H3,(H,20,22). The van der Waals surface area contributed by atoms with Gasteiger partial charge in [0.1, 0.15) is 5.75 Å². The molecule has 0 saturated carbocycles. The fourth-order valence-electron chi connectivity index (χ4n) is 2.98. The minimum absolute atomic E-state index is 0.0640. The molecule has 7 heteroatoms. The molecular weight excluding hydrogens is 352 g/mol. The summed E-state index contributed by atoms with van der Waals surface area (Å²) in [6.45, 7) is 4.03. The maximum atomic E-state index is 12.8. The molecule has 2 aromatic rings. The van der Waals surface area contributed by atoms with Gasteiger partial charge >= 0.3 is 0 Å². The summed E-state index contributed by atoms with van der Waals surface area (Å²) >= 11 is 0. The normalized spacial score (nSPS) is 16.8. The van der Waals surface area contributed by atoms with E-state index in [-0.39, 0.29) is 18.4 Å². The molecule has 0 aliphatic carbocycles. The largest absolute Gasteiger partial charge is 0.476 e. The Morgan fingerprint density at radius 1 is 1.15 bits per heavy atom. The molecule has 1 atom stereocenters. The summed E-state index contributed by atoms with van der Waals surface area (Å²) < 4.78 is 31.3. The van der Waals surface area contributed by atoms with Crippen molar-refractivity contribution in [2.75, 3.05) is 22.4 Å². The minimum Gasteiger partial charge on any atom is -0.476 e. The van der Waals surface area contributed by atoms with Crippen LogP contribution >= 0.6 is 0 Å². The number of rotatable bonds is 4. The predicted octanol–water partition coefficient (Wildman–Crippen LogP) is 2.98. The Morgan fingerprint density at radius 2 is 1.81 bits per heavy atom. The van der Waals surface area contributed by atoms with Crippen LogP contribution in [0.15, 0.2) is 48.5 Å². The molecule has 2 aromatic carbocycles. The maximum absolute atomic E-state index is 12.8. The highest BCUT2D eigenvalue weighted by Gasteiger charge is 2.35. The van der Waals surface area contributed by atoms with Gasteiger partial charge < -0.3 is 10.1 Å². The van der Waals surface area contributed by atoms with Gasteiger partial charge in [-0.1, -0.05) is 44.2 Å². The molecule has 138 valence electrons. The van der Waals surface area contributed by atoms with Crippen LogP contribution in [0.25, 0.3) is 0 Å². The Bertz CT molecular complexity index is 925. The van der Waals surface area contributed by atoms with E-state index in [1.54, 1.807) is 24.3 Å². The number of carbonyl (C=O) groups is 1. The van der Waals surface area contributed by atoms with Gasteiger partial charge in [-0.25, -0.2) is 8.42 Å². The van der Waals surface area contributed by atoms with Crippen LogP contribution in [0.1, 0.15) is 25.3 Å². The molecule has 1 heterocycles. The van der Waals surface area contributed by atoms with Crippen molar-refractivity contribution in [2.45, 2.75) is 25.9 Å². The predicted molar refractivity (Wildman–Crippen MR) is 102 cm³/mol. The number of anilines is 2. The summed E-state index contributed by atoms with van der Waals surface area (Å²) in [4.78, 5) is 12.8. The number of hydrogen-bond donors (Lipinski definition) is 1. The summed E-state index contributed by atoms with van der Waals surface area (Å²) in [6.07, 6.45) is 0.192. The van der Waals surface area contributed by atoms with E-state index in [4.69, 9.17) is 4.74 Å². The third kappa shape index (κ3) is 3.67. The summed E-state index contributed by atoms with van der Waals surface area (Å²) in [7, 11) is -3.53. The molecule has 1 amide bonds. The van der Waals surface area contributed by atoms with E-state index in [2.05, 4.69) is 5.32 Å². The zero-order valence-corrected chi connectivity index (χ0v) is 15.8. The molecule has 0 bridgehead atoms. The number of carbonyl (C=O) groups excluding carboxylic acids is 1. The van der Waals surface area contributed by atoms with Gasteiger partial charge in [-0.3, -0.25) is 9.10 Å². The van der Waals surface area contributed by atoms with Gasteiger partial charge in [-0.2, -0.15) is 0 Å². The van der Waals surface area contributed by atoms with Gasteiger partial charge in [0.25, 0.3) is 5.91 Å². The summed E-state index contributed by atoms with van der Waals surface area (Å²) in [5.41, 5.74) is 2.17. The highest BCUT2D eigenvalue weighted by molar-refractivity contribution is 7.92.